The van der Waals surface area contributed by atoms with Crippen molar-refractivity contribution in [2.75, 3.05) is 17.2 Å². The smallest absolute Gasteiger partial charge is 0.248 e. The number of carbonyl (C=O) groups excluding carboxylic acids is 1. The molecule has 1 aromatic heterocycles. The van der Waals surface area contributed by atoms with Gasteiger partial charge in [0.15, 0.2) is 0 Å². The number of hydrogen-bond acceptors (Lipinski definition) is 5. The molecule has 0 bridgehead atoms. The summed E-state index contributed by atoms with van der Waals surface area (Å²) in [5.74, 6) is 0.954. The van der Waals surface area contributed by atoms with Gasteiger partial charge in [0.05, 0.1) is 12.3 Å². The zero-order valence-electron chi connectivity index (χ0n) is 12.3. The molecule has 6 heteroatoms. The van der Waals surface area contributed by atoms with Gasteiger partial charge in [-0.15, -0.1) is 0 Å². The number of aryl methyl sites for hydroxylation is 1. The van der Waals surface area contributed by atoms with E-state index in [0.717, 1.165) is 17.1 Å². The Labute approximate surface area is 123 Å². The summed E-state index contributed by atoms with van der Waals surface area (Å²) in [5.41, 5.74) is 1.56. The number of rotatable bonds is 6. The van der Waals surface area contributed by atoms with E-state index in [1.165, 1.54) is 0 Å². The standard InChI is InChI=1S/C15H19N3O3/c1-4-20-13-7-5-12(6-8-13)16-11(3)15(19)17-14-9-10(2)18-21-14/h5-9,11,16H,4H2,1-3H3,(H,17,19). The highest BCUT2D eigenvalue weighted by atomic mass is 16.5. The van der Waals surface area contributed by atoms with Crippen molar-refractivity contribution in [3.63, 3.8) is 0 Å². The average Bonchev–Trinajstić information content (AvgIpc) is 2.86. The highest BCUT2D eigenvalue weighted by Gasteiger charge is 2.14. The largest absolute Gasteiger partial charge is 0.494 e. The molecule has 0 radical (unpaired) electrons. The third-order valence-electron chi connectivity index (χ3n) is 2.82. The normalized spacial score (nSPS) is 11.8. The molecule has 0 saturated carbocycles. The second-order valence-electron chi connectivity index (χ2n) is 4.65. The summed E-state index contributed by atoms with van der Waals surface area (Å²) < 4.78 is 10.3. The van der Waals surface area contributed by atoms with E-state index in [1.807, 2.05) is 31.2 Å². The molecule has 21 heavy (non-hydrogen) atoms. The Bertz CT molecular complexity index is 592. The second-order valence-corrected chi connectivity index (χ2v) is 4.65. The van der Waals surface area contributed by atoms with Crippen LogP contribution in [0.2, 0.25) is 0 Å². The second kappa shape index (κ2) is 6.78. The van der Waals surface area contributed by atoms with Crippen molar-refractivity contribution in [1.29, 1.82) is 0 Å². The summed E-state index contributed by atoms with van der Waals surface area (Å²) in [5, 5.41) is 9.48. The summed E-state index contributed by atoms with van der Waals surface area (Å²) in [7, 11) is 0. The van der Waals surface area contributed by atoms with Crippen LogP contribution in [0.5, 0.6) is 5.75 Å². The maximum Gasteiger partial charge on any atom is 0.248 e. The number of nitrogens with one attached hydrogen (secondary N) is 2. The first-order valence-corrected chi connectivity index (χ1v) is 6.82. The third-order valence-corrected chi connectivity index (χ3v) is 2.82. The van der Waals surface area contributed by atoms with E-state index in [4.69, 9.17) is 9.26 Å². The fraction of sp³-hybridized carbons (Fsp3) is 0.333. The molecular weight excluding hydrogens is 270 g/mol. The first-order valence-electron chi connectivity index (χ1n) is 6.82. The maximum absolute atomic E-state index is 12.0. The lowest BCUT2D eigenvalue weighted by Gasteiger charge is -2.14. The Balaban J connectivity index is 1.90. The zero-order valence-corrected chi connectivity index (χ0v) is 12.3. The molecule has 6 nitrogen and oxygen atoms in total. The molecule has 2 rings (SSSR count). The van der Waals surface area contributed by atoms with E-state index in [0.29, 0.717) is 12.5 Å². The fourth-order valence-electron chi connectivity index (χ4n) is 1.78. The van der Waals surface area contributed by atoms with Gasteiger partial charge in [-0.25, -0.2) is 0 Å². The Kier molecular flexibility index (Phi) is 4.81. The van der Waals surface area contributed by atoms with Gasteiger partial charge in [0.1, 0.15) is 11.8 Å². The molecule has 0 spiro atoms. The Morgan fingerprint density at radius 2 is 2.10 bits per heavy atom. The van der Waals surface area contributed by atoms with Crippen LogP contribution in [-0.2, 0) is 4.79 Å². The van der Waals surface area contributed by atoms with Gasteiger partial charge < -0.3 is 14.6 Å². The van der Waals surface area contributed by atoms with Gasteiger partial charge in [-0.3, -0.25) is 10.1 Å². The van der Waals surface area contributed by atoms with Crippen LogP contribution in [0, 0.1) is 6.92 Å². The number of anilines is 2. The molecule has 2 aromatic rings. The van der Waals surface area contributed by atoms with E-state index in [-0.39, 0.29) is 5.91 Å². The number of amides is 1. The number of ether oxygens (including phenoxy) is 1. The van der Waals surface area contributed by atoms with Crippen molar-refractivity contribution in [3.05, 3.63) is 36.0 Å². The van der Waals surface area contributed by atoms with Crippen molar-refractivity contribution in [2.45, 2.75) is 26.8 Å². The van der Waals surface area contributed by atoms with Crippen LogP contribution in [0.3, 0.4) is 0 Å². The number of aromatic nitrogens is 1. The van der Waals surface area contributed by atoms with E-state index in [1.54, 1.807) is 19.9 Å². The first-order chi connectivity index (χ1) is 10.1. The lowest BCUT2D eigenvalue weighted by atomic mass is 10.2. The highest BCUT2D eigenvalue weighted by molar-refractivity contribution is 5.95. The molecule has 0 aliphatic heterocycles. The first kappa shape index (κ1) is 14.9. The lowest BCUT2D eigenvalue weighted by molar-refractivity contribution is -0.116. The van der Waals surface area contributed by atoms with Gasteiger partial charge in [0.25, 0.3) is 0 Å². The van der Waals surface area contributed by atoms with Crippen LogP contribution in [0.1, 0.15) is 19.5 Å². The van der Waals surface area contributed by atoms with Crippen molar-refractivity contribution >= 4 is 17.5 Å². The van der Waals surface area contributed by atoms with Crippen molar-refractivity contribution < 1.29 is 14.1 Å². The minimum Gasteiger partial charge on any atom is -0.494 e. The van der Waals surface area contributed by atoms with E-state index in [2.05, 4.69) is 15.8 Å². The predicted octanol–water partition coefficient (Wildman–Crippen LogP) is 2.82. The van der Waals surface area contributed by atoms with Crippen LogP contribution in [0.4, 0.5) is 11.6 Å². The van der Waals surface area contributed by atoms with Crippen molar-refractivity contribution in [1.82, 2.24) is 5.16 Å². The van der Waals surface area contributed by atoms with Crippen LogP contribution < -0.4 is 15.4 Å². The summed E-state index contributed by atoms with van der Waals surface area (Å²) in [6.45, 7) is 6.13. The third kappa shape index (κ3) is 4.24. The van der Waals surface area contributed by atoms with Gasteiger partial charge in [-0.05, 0) is 45.0 Å². The molecule has 1 atom stereocenters. The average molecular weight is 289 g/mol. The van der Waals surface area contributed by atoms with Gasteiger partial charge >= 0.3 is 0 Å². The van der Waals surface area contributed by atoms with Crippen molar-refractivity contribution in [3.8, 4) is 5.75 Å². The molecule has 1 aromatic carbocycles. The molecule has 1 heterocycles. The molecule has 0 saturated heterocycles. The molecule has 0 aliphatic rings. The maximum atomic E-state index is 12.0. The number of carbonyl (C=O) groups is 1. The van der Waals surface area contributed by atoms with Gasteiger partial charge in [0.2, 0.25) is 11.8 Å². The summed E-state index contributed by atoms with van der Waals surface area (Å²) in [6, 6.07) is 8.71. The zero-order chi connectivity index (χ0) is 15.2. The Morgan fingerprint density at radius 3 is 2.67 bits per heavy atom. The van der Waals surface area contributed by atoms with E-state index < -0.39 is 6.04 Å². The minimum absolute atomic E-state index is 0.194. The number of nitrogens with zero attached hydrogens (tertiary/aromatic N) is 1. The Morgan fingerprint density at radius 1 is 1.38 bits per heavy atom. The summed E-state index contributed by atoms with van der Waals surface area (Å²) in [4.78, 5) is 12.0. The molecular formula is C15H19N3O3. The molecule has 2 N–H and O–H groups in total. The van der Waals surface area contributed by atoms with E-state index >= 15 is 0 Å². The van der Waals surface area contributed by atoms with Crippen LogP contribution in [0.25, 0.3) is 0 Å². The SMILES string of the molecule is CCOc1ccc(NC(C)C(=O)Nc2cc(C)no2)cc1. The van der Waals surface area contributed by atoms with Gasteiger partial charge in [0, 0.05) is 11.8 Å². The molecule has 0 aliphatic carbocycles. The summed E-state index contributed by atoms with van der Waals surface area (Å²) in [6.07, 6.45) is 0. The molecule has 112 valence electrons. The minimum atomic E-state index is -0.409. The lowest BCUT2D eigenvalue weighted by Crippen LogP contribution is -2.31. The topological polar surface area (TPSA) is 76.4 Å². The Hall–Kier alpha value is -2.50. The highest BCUT2D eigenvalue weighted by Crippen LogP contribution is 2.17. The van der Waals surface area contributed by atoms with Crippen LogP contribution in [0.15, 0.2) is 34.9 Å². The summed E-state index contributed by atoms with van der Waals surface area (Å²) >= 11 is 0. The molecule has 0 fully saturated rings. The quantitative estimate of drug-likeness (QED) is 0.855. The van der Waals surface area contributed by atoms with Crippen molar-refractivity contribution in [2.24, 2.45) is 0 Å². The van der Waals surface area contributed by atoms with Crippen LogP contribution in [-0.4, -0.2) is 23.7 Å². The molecule has 1 unspecified atom stereocenters. The van der Waals surface area contributed by atoms with Gasteiger partial charge in [-0.1, -0.05) is 5.16 Å². The number of benzene rings is 1. The molecule has 1 amide bonds. The predicted molar refractivity (Wildman–Crippen MR) is 80.6 cm³/mol. The van der Waals surface area contributed by atoms with Crippen LogP contribution >= 0.6 is 0 Å². The monoisotopic (exact) mass is 289 g/mol. The fourth-order valence-corrected chi connectivity index (χ4v) is 1.78. The number of hydrogen-bond donors (Lipinski definition) is 2. The van der Waals surface area contributed by atoms with E-state index in [9.17, 15) is 4.79 Å². The van der Waals surface area contributed by atoms with Gasteiger partial charge in [-0.2, -0.15) is 0 Å².